The number of carbonyl (C=O) groups is 4. The molecule has 1 aliphatic heterocycles. The van der Waals surface area contributed by atoms with Gasteiger partial charge in [0.2, 0.25) is 11.8 Å². The highest BCUT2D eigenvalue weighted by molar-refractivity contribution is 6.02. The predicted molar refractivity (Wildman–Crippen MR) is 71.5 cm³/mol. The van der Waals surface area contributed by atoms with Gasteiger partial charge in [-0.05, 0) is 23.8 Å². The zero-order valence-corrected chi connectivity index (χ0v) is 11.0. The quantitative estimate of drug-likeness (QED) is 0.653. The molecule has 110 valence electrons. The van der Waals surface area contributed by atoms with Crippen LogP contribution in [0.3, 0.4) is 0 Å². The normalized spacial score (nSPS) is 12.5. The Labute approximate surface area is 119 Å². The SMILES string of the molecule is NC(=O)CN(CC(=O)O)C(=O)c1ccc2c(c1)CC(=O)N2. The molecule has 8 nitrogen and oxygen atoms in total. The summed E-state index contributed by atoms with van der Waals surface area (Å²) >= 11 is 0. The number of hydrogen-bond acceptors (Lipinski definition) is 4. The number of nitrogens with one attached hydrogen (secondary N) is 1. The maximum Gasteiger partial charge on any atom is 0.323 e. The molecule has 1 aromatic rings. The van der Waals surface area contributed by atoms with Crippen LogP contribution in [-0.4, -0.2) is 46.8 Å². The molecule has 1 aromatic carbocycles. The number of aliphatic carboxylic acids is 1. The van der Waals surface area contributed by atoms with Crippen molar-refractivity contribution < 1.29 is 24.3 Å². The third-order valence-electron chi connectivity index (χ3n) is 2.94. The van der Waals surface area contributed by atoms with E-state index >= 15 is 0 Å². The van der Waals surface area contributed by atoms with Crippen molar-refractivity contribution in [1.82, 2.24) is 4.90 Å². The number of hydrogen-bond donors (Lipinski definition) is 3. The fourth-order valence-electron chi connectivity index (χ4n) is 2.10. The van der Waals surface area contributed by atoms with Crippen LogP contribution in [0.4, 0.5) is 5.69 Å². The van der Waals surface area contributed by atoms with E-state index in [0.717, 1.165) is 4.90 Å². The third-order valence-corrected chi connectivity index (χ3v) is 2.94. The first-order valence-corrected chi connectivity index (χ1v) is 6.09. The van der Waals surface area contributed by atoms with Crippen molar-refractivity contribution in [2.45, 2.75) is 6.42 Å². The molecule has 3 amide bonds. The van der Waals surface area contributed by atoms with Crippen molar-refractivity contribution >= 4 is 29.4 Å². The molecule has 0 spiro atoms. The molecule has 0 atom stereocenters. The fourth-order valence-corrected chi connectivity index (χ4v) is 2.10. The van der Waals surface area contributed by atoms with Crippen LogP contribution in [0.15, 0.2) is 18.2 Å². The number of carboxylic acid groups (broad SMARTS) is 1. The molecule has 1 aliphatic rings. The molecule has 0 aliphatic carbocycles. The predicted octanol–water partition coefficient (Wildman–Crippen LogP) is -0.807. The Morgan fingerprint density at radius 1 is 1.29 bits per heavy atom. The lowest BCUT2D eigenvalue weighted by atomic mass is 10.1. The first-order chi connectivity index (χ1) is 9.86. The number of anilines is 1. The van der Waals surface area contributed by atoms with Gasteiger partial charge in [0.05, 0.1) is 6.42 Å². The number of primary amides is 1. The van der Waals surface area contributed by atoms with Crippen molar-refractivity contribution in [3.05, 3.63) is 29.3 Å². The van der Waals surface area contributed by atoms with Crippen LogP contribution in [0.2, 0.25) is 0 Å². The Morgan fingerprint density at radius 3 is 2.62 bits per heavy atom. The number of benzene rings is 1. The lowest BCUT2D eigenvalue weighted by Crippen LogP contribution is -2.41. The van der Waals surface area contributed by atoms with Gasteiger partial charge in [-0.15, -0.1) is 0 Å². The van der Waals surface area contributed by atoms with E-state index in [9.17, 15) is 19.2 Å². The molecule has 0 unspecified atom stereocenters. The summed E-state index contributed by atoms with van der Waals surface area (Å²) in [5.41, 5.74) is 6.49. The van der Waals surface area contributed by atoms with Crippen LogP contribution in [0.25, 0.3) is 0 Å². The number of nitrogens with zero attached hydrogens (tertiary/aromatic N) is 1. The lowest BCUT2D eigenvalue weighted by Gasteiger charge is -2.19. The summed E-state index contributed by atoms with van der Waals surface area (Å²) in [6.07, 6.45) is 0.158. The van der Waals surface area contributed by atoms with Gasteiger partial charge >= 0.3 is 5.97 Å². The number of rotatable bonds is 5. The maximum atomic E-state index is 12.2. The van der Waals surface area contributed by atoms with Gasteiger partial charge < -0.3 is 21.1 Å². The van der Waals surface area contributed by atoms with Crippen molar-refractivity contribution in [2.24, 2.45) is 5.73 Å². The highest BCUT2D eigenvalue weighted by Gasteiger charge is 2.23. The van der Waals surface area contributed by atoms with Crippen LogP contribution in [0, 0.1) is 0 Å². The third kappa shape index (κ3) is 3.35. The average molecular weight is 291 g/mol. The number of carbonyl (C=O) groups excluding carboxylic acids is 3. The summed E-state index contributed by atoms with van der Waals surface area (Å²) in [6, 6.07) is 4.53. The van der Waals surface area contributed by atoms with Gasteiger partial charge in [0.15, 0.2) is 0 Å². The summed E-state index contributed by atoms with van der Waals surface area (Å²) in [5, 5.41) is 11.4. The zero-order chi connectivity index (χ0) is 15.6. The number of carboxylic acids is 1. The van der Waals surface area contributed by atoms with Crippen LogP contribution < -0.4 is 11.1 Å². The molecule has 0 fully saturated rings. The Kier molecular flexibility index (Phi) is 3.88. The van der Waals surface area contributed by atoms with Gasteiger partial charge in [0, 0.05) is 11.3 Å². The topological polar surface area (TPSA) is 130 Å². The summed E-state index contributed by atoms with van der Waals surface area (Å²) in [5.74, 6) is -2.85. The maximum absolute atomic E-state index is 12.2. The van der Waals surface area contributed by atoms with Crippen LogP contribution in [0.5, 0.6) is 0 Å². The number of fused-ring (bicyclic) bond motifs is 1. The molecule has 0 saturated heterocycles. The molecular formula is C13H13N3O5. The van der Waals surface area contributed by atoms with E-state index in [1.165, 1.54) is 12.1 Å². The zero-order valence-electron chi connectivity index (χ0n) is 11.0. The first-order valence-electron chi connectivity index (χ1n) is 6.09. The van der Waals surface area contributed by atoms with Crippen molar-refractivity contribution in [2.75, 3.05) is 18.4 Å². The Bertz CT molecular complexity index is 625. The van der Waals surface area contributed by atoms with Crippen molar-refractivity contribution in [3.63, 3.8) is 0 Å². The molecular weight excluding hydrogens is 278 g/mol. The van der Waals surface area contributed by atoms with E-state index in [1.807, 2.05) is 0 Å². The number of nitrogens with two attached hydrogens (primary N) is 1. The largest absolute Gasteiger partial charge is 0.480 e. The van der Waals surface area contributed by atoms with E-state index < -0.39 is 30.9 Å². The minimum absolute atomic E-state index is 0.158. The summed E-state index contributed by atoms with van der Waals surface area (Å²) in [4.78, 5) is 46.0. The second-order valence-corrected chi connectivity index (χ2v) is 4.62. The molecule has 1 heterocycles. The van der Waals surface area contributed by atoms with Gasteiger partial charge in [-0.1, -0.05) is 0 Å². The molecule has 2 rings (SSSR count). The minimum Gasteiger partial charge on any atom is -0.480 e. The minimum atomic E-state index is -1.25. The lowest BCUT2D eigenvalue weighted by molar-refractivity contribution is -0.138. The highest BCUT2D eigenvalue weighted by atomic mass is 16.4. The summed E-state index contributed by atoms with van der Waals surface area (Å²) in [6.45, 7) is -1.12. The van der Waals surface area contributed by atoms with E-state index in [1.54, 1.807) is 6.07 Å². The monoisotopic (exact) mass is 291 g/mol. The number of amides is 3. The van der Waals surface area contributed by atoms with Gasteiger partial charge in [0.1, 0.15) is 13.1 Å². The molecule has 21 heavy (non-hydrogen) atoms. The molecule has 4 N–H and O–H groups in total. The second-order valence-electron chi connectivity index (χ2n) is 4.62. The average Bonchev–Trinajstić information content (AvgIpc) is 2.74. The van der Waals surface area contributed by atoms with Gasteiger partial charge in [-0.3, -0.25) is 19.2 Å². The van der Waals surface area contributed by atoms with E-state index in [-0.39, 0.29) is 17.9 Å². The molecule has 8 heteroatoms. The molecule has 0 bridgehead atoms. The van der Waals surface area contributed by atoms with Crippen LogP contribution in [-0.2, 0) is 20.8 Å². The van der Waals surface area contributed by atoms with Crippen LogP contribution in [0.1, 0.15) is 15.9 Å². The second kappa shape index (κ2) is 5.61. The van der Waals surface area contributed by atoms with E-state index in [2.05, 4.69) is 5.32 Å². The van der Waals surface area contributed by atoms with Gasteiger partial charge in [0.25, 0.3) is 5.91 Å². The van der Waals surface area contributed by atoms with E-state index in [0.29, 0.717) is 11.3 Å². The fraction of sp³-hybridized carbons (Fsp3) is 0.231. The Morgan fingerprint density at radius 2 is 2.00 bits per heavy atom. The Balaban J connectivity index is 2.24. The Hall–Kier alpha value is -2.90. The van der Waals surface area contributed by atoms with Gasteiger partial charge in [-0.25, -0.2) is 0 Å². The van der Waals surface area contributed by atoms with Crippen molar-refractivity contribution in [3.8, 4) is 0 Å². The molecule has 0 radical (unpaired) electrons. The van der Waals surface area contributed by atoms with Gasteiger partial charge in [-0.2, -0.15) is 0 Å². The highest BCUT2D eigenvalue weighted by Crippen LogP contribution is 2.24. The van der Waals surface area contributed by atoms with Crippen LogP contribution >= 0.6 is 0 Å². The van der Waals surface area contributed by atoms with E-state index in [4.69, 9.17) is 10.8 Å². The summed E-state index contributed by atoms with van der Waals surface area (Å²) < 4.78 is 0. The first kappa shape index (κ1) is 14.5. The van der Waals surface area contributed by atoms with Crippen molar-refractivity contribution in [1.29, 1.82) is 0 Å². The smallest absolute Gasteiger partial charge is 0.323 e. The standard InChI is InChI=1S/C13H13N3O5/c14-10(17)5-16(6-12(19)20)13(21)7-1-2-9-8(3-7)4-11(18)15-9/h1-3H,4-6H2,(H2,14,17)(H,15,18)(H,19,20). The molecule has 0 saturated carbocycles. The summed E-state index contributed by atoms with van der Waals surface area (Å²) in [7, 11) is 0. The molecule has 0 aromatic heterocycles.